The minimum atomic E-state index is -3.36. The van der Waals surface area contributed by atoms with Gasteiger partial charge < -0.3 is 29.1 Å². The first kappa shape index (κ1) is 29.0. The molecule has 8 nitrogen and oxygen atoms in total. The second-order valence-electron chi connectivity index (χ2n) is 9.43. The average Bonchev–Trinajstić information content (AvgIpc) is 3.29. The molecule has 10 heteroatoms. The van der Waals surface area contributed by atoms with Crippen LogP contribution in [0.5, 0.6) is 0 Å². The SMILES string of the molecule is COP(=O)(OC)c1ccc(Cn2c(C(=O)O)cc3cc(C[C@@H](C)NC[C@H](O)c4cccc(Cl)c4)ccc32)cc1. The summed E-state index contributed by atoms with van der Waals surface area (Å²) < 4.78 is 24.5. The quantitative estimate of drug-likeness (QED) is 0.195. The van der Waals surface area contributed by atoms with E-state index in [1.807, 2.05) is 37.3 Å². The minimum absolute atomic E-state index is 0.0750. The first-order valence-corrected chi connectivity index (χ1v) is 14.4. The predicted molar refractivity (Wildman–Crippen MR) is 153 cm³/mol. The predicted octanol–water partition coefficient (Wildman–Crippen LogP) is 5.41. The molecule has 0 spiro atoms. The van der Waals surface area contributed by atoms with E-state index < -0.39 is 19.7 Å². The van der Waals surface area contributed by atoms with Crippen molar-refractivity contribution in [1.82, 2.24) is 9.88 Å². The lowest BCUT2D eigenvalue weighted by Crippen LogP contribution is -2.32. The Kier molecular flexibility index (Phi) is 9.28. The number of carboxylic acid groups (broad SMARTS) is 1. The summed E-state index contributed by atoms with van der Waals surface area (Å²) in [5.74, 6) is -1.02. The number of benzene rings is 3. The molecule has 4 rings (SSSR count). The summed E-state index contributed by atoms with van der Waals surface area (Å²) in [6, 6.07) is 21.8. The van der Waals surface area contributed by atoms with Crippen molar-refractivity contribution in [2.75, 3.05) is 20.8 Å². The zero-order valence-corrected chi connectivity index (χ0v) is 23.7. The Balaban J connectivity index is 1.48. The van der Waals surface area contributed by atoms with E-state index in [4.69, 9.17) is 20.6 Å². The van der Waals surface area contributed by atoms with Gasteiger partial charge in [-0.2, -0.15) is 0 Å². The first-order chi connectivity index (χ1) is 18.6. The van der Waals surface area contributed by atoms with Crippen molar-refractivity contribution < 1.29 is 28.6 Å². The van der Waals surface area contributed by atoms with Gasteiger partial charge in [0.15, 0.2) is 0 Å². The zero-order valence-electron chi connectivity index (χ0n) is 22.0. The topological polar surface area (TPSA) is 110 Å². The van der Waals surface area contributed by atoms with Crippen molar-refractivity contribution in [1.29, 1.82) is 0 Å². The number of hydrogen-bond donors (Lipinski definition) is 3. The van der Waals surface area contributed by atoms with Crippen LogP contribution in [0.15, 0.2) is 72.8 Å². The van der Waals surface area contributed by atoms with Gasteiger partial charge in [-0.15, -0.1) is 0 Å². The summed E-state index contributed by atoms with van der Waals surface area (Å²) >= 11 is 6.03. The number of carboxylic acids is 1. The fraction of sp³-hybridized carbons (Fsp3) is 0.276. The van der Waals surface area contributed by atoms with Gasteiger partial charge in [-0.1, -0.05) is 41.9 Å². The van der Waals surface area contributed by atoms with Gasteiger partial charge in [-0.05, 0) is 72.5 Å². The van der Waals surface area contributed by atoms with Crippen LogP contribution in [0, 0.1) is 0 Å². The number of halogens is 1. The van der Waals surface area contributed by atoms with Gasteiger partial charge in [-0.25, -0.2) is 4.79 Å². The molecule has 3 aromatic carbocycles. The summed E-state index contributed by atoms with van der Waals surface area (Å²) in [5.41, 5.74) is 3.64. The number of nitrogens with one attached hydrogen (secondary N) is 1. The highest BCUT2D eigenvalue weighted by Gasteiger charge is 2.24. The number of fused-ring (bicyclic) bond motifs is 1. The number of hydrogen-bond acceptors (Lipinski definition) is 6. The van der Waals surface area contributed by atoms with Crippen molar-refractivity contribution in [3.63, 3.8) is 0 Å². The molecule has 3 N–H and O–H groups in total. The Hall–Kier alpha value is -2.97. The highest BCUT2D eigenvalue weighted by atomic mass is 35.5. The molecule has 4 aromatic rings. The Morgan fingerprint density at radius 3 is 2.36 bits per heavy atom. The minimum Gasteiger partial charge on any atom is -0.477 e. The van der Waals surface area contributed by atoms with Crippen molar-refractivity contribution in [2.45, 2.75) is 32.0 Å². The van der Waals surface area contributed by atoms with Gasteiger partial charge in [0.2, 0.25) is 0 Å². The van der Waals surface area contributed by atoms with E-state index in [9.17, 15) is 19.6 Å². The van der Waals surface area contributed by atoms with Crippen LogP contribution in [0.1, 0.15) is 40.2 Å². The molecule has 0 saturated carbocycles. The Bertz CT molecular complexity index is 1500. The molecule has 1 heterocycles. The smallest absolute Gasteiger partial charge is 0.360 e. The average molecular weight is 571 g/mol. The summed E-state index contributed by atoms with van der Waals surface area (Å²) in [4.78, 5) is 12.1. The highest BCUT2D eigenvalue weighted by Crippen LogP contribution is 2.44. The van der Waals surface area contributed by atoms with Gasteiger partial charge in [0.25, 0.3) is 0 Å². The number of aromatic nitrogens is 1. The van der Waals surface area contributed by atoms with Crippen molar-refractivity contribution in [3.8, 4) is 0 Å². The van der Waals surface area contributed by atoms with Crippen molar-refractivity contribution >= 4 is 41.4 Å². The molecular formula is C29H32ClN2O6P. The lowest BCUT2D eigenvalue weighted by Gasteiger charge is -2.18. The van der Waals surface area contributed by atoms with Crippen LogP contribution >= 0.6 is 19.2 Å². The summed E-state index contributed by atoms with van der Waals surface area (Å²) in [6.45, 7) is 2.75. The number of aromatic carboxylic acids is 1. The van der Waals surface area contributed by atoms with Crippen LogP contribution < -0.4 is 10.6 Å². The Morgan fingerprint density at radius 2 is 1.72 bits per heavy atom. The van der Waals surface area contributed by atoms with Gasteiger partial charge >= 0.3 is 13.6 Å². The third-order valence-corrected chi connectivity index (χ3v) is 8.82. The maximum atomic E-state index is 12.6. The van der Waals surface area contributed by atoms with Crippen LogP contribution in [0.25, 0.3) is 10.9 Å². The third-order valence-electron chi connectivity index (χ3n) is 6.69. The van der Waals surface area contributed by atoms with Gasteiger partial charge in [-0.3, -0.25) is 4.57 Å². The number of rotatable bonds is 12. The Morgan fingerprint density at radius 1 is 1.03 bits per heavy atom. The molecule has 0 radical (unpaired) electrons. The molecule has 1 aromatic heterocycles. The van der Waals surface area contributed by atoms with E-state index in [-0.39, 0.29) is 11.7 Å². The molecule has 0 unspecified atom stereocenters. The maximum Gasteiger partial charge on any atom is 0.360 e. The summed E-state index contributed by atoms with van der Waals surface area (Å²) in [6.07, 6.45) is 0.0255. The molecule has 0 saturated heterocycles. The molecule has 206 valence electrons. The fourth-order valence-corrected chi connectivity index (χ4v) is 5.90. The van der Waals surface area contributed by atoms with E-state index >= 15 is 0 Å². The van der Waals surface area contributed by atoms with Crippen LogP contribution in [0.2, 0.25) is 5.02 Å². The Labute approximate surface area is 232 Å². The molecule has 0 aliphatic rings. The normalized spacial score (nSPS) is 13.5. The zero-order chi connectivity index (χ0) is 28.2. The molecular weight excluding hydrogens is 539 g/mol. The molecule has 0 fully saturated rings. The van der Waals surface area contributed by atoms with Crippen LogP contribution in [-0.2, 0) is 26.6 Å². The molecule has 0 bridgehead atoms. The first-order valence-electron chi connectivity index (χ1n) is 12.5. The highest BCUT2D eigenvalue weighted by molar-refractivity contribution is 7.62. The van der Waals surface area contributed by atoms with E-state index in [1.54, 1.807) is 47.0 Å². The summed E-state index contributed by atoms with van der Waals surface area (Å²) in [5, 5.41) is 25.6. The third kappa shape index (κ3) is 6.79. The number of nitrogens with zero attached hydrogens (tertiary/aromatic N) is 1. The van der Waals surface area contributed by atoms with Crippen molar-refractivity contribution in [2.24, 2.45) is 0 Å². The molecule has 2 atom stereocenters. The lowest BCUT2D eigenvalue weighted by atomic mass is 10.0. The van der Waals surface area contributed by atoms with Crippen LogP contribution in [-0.4, -0.2) is 47.6 Å². The van der Waals surface area contributed by atoms with Gasteiger partial charge in [0.05, 0.1) is 11.4 Å². The van der Waals surface area contributed by atoms with Gasteiger partial charge in [0.1, 0.15) is 5.69 Å². The van der Waals surface area contributed by atoms with E-state index in [0.29, 0.717) is 29.8 Å². The number of aliphatic hydroxyl groups is 1. The van der Waals surface area contributed by atoms with E-state index in [2.05, 4.69) is 5.32 Å². The second-order valence-corrected chi connectivity index (χ2v) is 12.1. The monoisotopic (exact) mass is 570 g/mol. The molecule has 0 aliphatic carbocycles. The second kappa shape index (κ2) is 12.5. The lowest BCUT2D eigenvalue weighted by molar-refractivity contribution is 0.0686. The fourth-order valence-electron chi connectivity index (χ4n) is 4.62. The number of aliphatic hydroxyl groups excluding tert-OH is 1. The maximum absolute atomic E-state index is 12.6. The number of carbonyl (C=O) groups is 1. The largest absolute Gasteiger partial charge is 0.477 e. The standard InChI is InChI=1S/C29H32ClN2O6P/c1-19(31-17-28(33)22-5-4-6-24(30)15-22)13-21-9-12-26-23(14-21)16-27(29(34)35)32(26)18-20-7-10-25(11-8-20)39(36,37-2)38-3/h4-12,14-16,19,28,31,33H,13,17-18H2,1-3H3,(H,34,35)/t19-,28+/m1/s1. The molecule has 0 aliphatic heterocycles. The van der Waals surface area contributed by atoms with Crippen LogP contribution in [0.3, 0.4) is 0 Å². The van der Waals surface area contributed by atoms with Crippen molar-refractivity contribution in [3.05, 3.63) is 100 Å². The van der Waals surface area contributed by atoms with E-state index in [0.717, 1.165) is 27.6 Å². The van der Waals surface area contributed by atoms with Crippen LogP contribution in [0.4, 0.5) is 0 Å². The molecule has 39 heavy (non-hydrogen) atoms. The molecule has 0 amide bonds. The summed E-state index contributed by atoms with van der Waals surface area (Å²) in [7, 11) is -0.695. The van der Waals surface area contributed by atoms with E-state index in [1.165, 1.54) is 14.2 Å². The van der Waals surface area contributed by atoms with Gasteiger partial charge in [0, 0.05) is 49.3 Å².